The first-order chi connectivity index (χ1) is 8.77. The lowest BCUT2D eigenvalue weighted by atomic mass is 10.1. The van der Waals surface area contributed by atoms with Gasteiger partial charge < -0.3 is 0 Å². The zero-order valence-electron chi connectivity index (χ0n) is 10.8. The zero-order valence-corrected chi connectivity index (χ0v) is 10.8. The number of rotatable bonds is 4. The van der Waals surface area contributed by atoms with Crippen molar-refractivity contribution in [1.29, 1.82) is 0 Å². The normalized spacial score (nSPS) is 14.6. The number of benzene rings is 2. The Kier molecular flexibility index (Phi) is 4.24. The quantitative estimate of drug-likeness (QED) is 0.533. The molecule has 0 bridgehead atoms. The molecule has 2 nitrogen and oxygen atoms in total. The molecule has 92 valence electrons. The van der Waals surface area contributed by atoms with Gasteiger partial charge in [-0.3, -0.25) is 0 Å². The minimum atomic E-state index is 0.109. The Morgan fingerprint density at radius 2 is 0.944 bits per heavy atom. The fourth-order valence-electron chi connectivity index (χ4n) is 1.80. The van der Waals surface area contributed by atoms with Crippen molar-refractivity contribution in [3.8, 4) is 0 Å². The molecule has 0 N–H and O–H groups in total. The van der Waals surface area contributed by atoms with Crippen LogP contribution in [0.1, 0.15) is 37.1 Å². The van der Waals surface area contributed by atoms with Gasteiger partial charge in [-0.25, -0.2) is 0 Å². The summed E-state index contributed by atoms with van der Waals surface area (Å²) < 4.78 is 0. The highest BCUT2D eigenvalue weighted by atomic mass is 15.2. The van der Waals surface area contributed by atoms with E-state index in [9.17, 15) is 0 Å². The topological polar surface area (TPSA) is 24.7 Å². The maximum atomic E-state index is 4.40. The Balaban J connectivity index is 2.03. The van der Waals surface area contributed by atoms with Gasteiger partial charge in [-0.1, -0.05) is 60.7 Å². The Labute approximate surface area is 108 Å². The molecular weight excluding hydrogens is 222 g/mol. The van der Waals surface area contributed by atoms with Crippen molar-refractivity contribution < 1.29 is 0 Å². The smallest absolute Gasteiger partial charge is 0.0929 e. The monoisotopic (exact) mass is 240 g/mol. The van der Waals surface area contributed by atoms with Crippen molar-refractivity contribution in [3.63, 3.8) is 0 Å². The molecule has 0 spiro atoms. The van der Waals surface area contributed by atoms with E-state index < -0.39 is 0 Å². The molecule has 0 saturated carbocycles. The molecule has 18 heavy (non-hydrogen) atoms. The van der Waals surface area contributed by atoms with Crippen LogP contribution >= 0.6 is 0 Å². The van der Waals surface area contributed by atoms with Gasteiger partial charge in [0.25, 0.3) is 0 Å². The van der Waals surface area contributed by atoms with Gasteiger partial charge in [0.15, 0.2) is 0 Å². The van der Waals surface area contributed by atoms with Crippen LogP contribution in [0.25, 0.3) is 0 Å². The van der Waals surface area contributed by atoms with Crippen LogP contribution in [-0.2, 0) is 0 Å². The predicted octanol–water partition coefficient (Wildman–Crippen LogP) is 4.96. The van der Waals surface area contributed by atoms with Crippen LogP contribution in [-0.4, -0.2) is 0 Å². The van der Waals surface area contributed by atoms with Crippen LogP contribution in [0.3, 0.4) is 0 Å². The van der Waals surface area contributed by atoms with Crippen LogP contribution in [0.2, 0.25) is 0 Å². The van der Waals surface area contributed by atoms with E-state index >= 15 is 0 Å². The third kappa shape index (κ3) is 3.27. The molecule has 2 atom stereocenters. The number of azo groups is 1. The lowest BCUT2D eigenvalue weighted by Gasteiger charge is -2.08. The first-order valence-corrected chi connectivity index (χ1v) is 6.27. The molecule has 0 aliphatic rings. The highest BCUT2D eigenvalue weighted by molar-refractivity contribution is 5.19. The number of nitrogens with zero attached hydrogens (tertiary/aromatic N) is 2. The summed E-state index contributed by atoms with van der Waals surface area (Å²) in [5.74, 6) is 0. The van der Waals surface area contributed by atoms with Crippen LogP contribution in [0.4, 0.5) is 0 Å². The van der Waals surface area contributed by atoms with Crippen LogP contribution < -0.4 is 0 Å². The summed E-state index contributed by atoms with van der Waals surface area (Å²) >= 11 is 0. The van der Waals surface area contributed by atoms with Gasteiger partial charge in [0, 0.05) is 0 Å². The Morgan fingerprint density at radius 1 is 0.611 bits per heavy atom. The summed E-state index contributed by atoms with van der Waals surface area (Å²) in [5.41, 5.74) is 2.39. The minimum absolute atomic E-state index is 0.109. The van der Waals surface area contributed by atoms with Gasteiger partial charge >= 0.3 is 0 Å². The molecule has 0 aromatic heterocycles. The number of hydrogen-bond donors (Lipinski definition) is 0. The highest BCUT2D eigenvalue weighted by Crippen LogP contribution is 2.21. The molecule has 0 radical (unpaired) electrons. The summed E-state index contributed by atoms with van der Waals surface area (Å²) in [5, 5.41) is 8.79. The summed E-state index contributed by atoms with van der Waals surface area (Å²) in [6, 6.07) is 20.7. The summed E-state index contributed by atoms with van der Waals surface area (Å²) in [7, 11) is 0. The second-order valence-corrected chi connectivity index (χ2v) is 4.40. The first-order valence-electron chi connectivity index (χ1n) is 6.27. The van der Waals surface area contributed by atoms with Crippen molar-refractivity contribution in [1.82, 2.24) is 0 Å². The lowest BCUT2D eigenvalue weighted by molar-refractivity contribution is 0.661. The molecule has 2 heteroatoms. The third-order valence-electron chi connectivity index (χ3n) is 2.98. The van der Waals surface area contributed by atoms with Gasteiger partial charge in [0.1, 0.15) is 0 Å². The fourth-order valence-corrected chi connectivity index (χ4v) is 1.80. The molecule has 0 fully saturated rings. The molecule has 0 aliphatic heterocycles. The predicted molar refractivity (Wildman–Crippen MR) is 74.6 cm³/mol. The van der Waals surface area contributed by atoms with Gasteiger partial charge in [0.2, 0.25) is 0 Å². The van der Waals surface area contributed by atoms with Crippen molar-refractivity contribution in [3.05, 3.63) is 71.8 Å². The van der Waals surface area contributed by atoms with Crippen molar-refractivity contribution in [2.45, 2.75) is 25.9 Å². The molecule has 0 saturated heterocycles. The molecule has 2 unspecified atom stereocenters. The van der Waals surface area contributed by atoms with E-state index in [1.807, 2.05) is 36.4 Å². The van der Waals surface area contributed by atoms with E-state index in [2.05, 4.69) is 48.3 Å². The largest absolute Gasteiger partial charge is 0.186 e. The molecule has 2 rings (SSSR count). The average molecular weight is 240 g/mol. The van der Waals surface area contributed by atoms with Crippen molar-refractivity contribution >= 4 is 0 Å². The molecule has 2 aromatic carbocycles. The zero-order chi connectivity index (χ0) is 12.8. The third-order valence-corrected chi connectivity index (χ3v) is 2.98. The van der Waals surface area contributed by atoms with Crippen LogP contribution in [0.15, 0.2) is 70.9 Å². The first kappa shape index (κ1) is 12.5. The van der Waals surface area contributed by atoms with Crippen molar-refractivity contribution in [2.24, 2.45) is 10.2 Å². The molecular formula is C16H18N2. The van der Waals surface area contributed by atoms with E-state index in [1.165, 1.54) is 11.1 Å². The maximum Gasteiger partial charge on any atom is 0.0929 e. The molecule has 0 heterocycles. The second kappa shape index (κ2) is 6.10. The molecule has 0 amide bonds. The van der Waals surface area contributed by atoms with Crippen molar-refractivity contribution in [2.75, 3.05) is 0 Å². The lowest BCUT2D eigenvalue weighted by Crippen LogP contribution is -1.91. The van der Waals surface area contributed by atoms with Crippen LogP contribution in [0.5, 0.6) is 0 Å². The van der Waals surface area contributed by atoms with Gasteiger partial charge in [-0.15, -0.1) is 0 Å². The summed E-state index contributed by atoms with van der Waals surface area (Å²) in [6.07, 6.45) is 0. The second-order valence-electron chi connectivity index (χ2n) is 4.40. The summed E-state index contributed by atoms with van der Waals surface area (Å²) in [4.78, 5) is 0. The van der Waals surface area contributed by atoms with Gasteiger partial charge in [0.05, 0.1) is 12.1 Å². The molecule has 0 aliphatic carbocycles. The Bertz CT molecular complexity index is 444. The van der Waals surface area contributed by atoms with Crippen LogP contribution in [0, 0.1) is 0 Å². The van der Waals surface area contributed by atoms with E-state index in [1.54, 1.807) is 0 Å². The number of hydrogen-bond acceptors (Lipinski definition) is 2. The van der Waals surface area contributed by atoms with Gasteiger partial charge in [-0.2, -0.15) is 10.2 Å². The minimum Gasteiger partial charge on any atom is -0.186 e. The van der Waals surface area contributed by atoms with E-state index in [-0.39, 0.29) is 12.1 Å². The SMILES string of the molecule is [13CH3]C(N=NC([13CH3])c1ccccc1)c1ccccc1. The Morgan fingerprint density at radius 3 is 1.28 bits per heavy atom. The average Bonchev–Trinajstić information content (AvgIpc) is 2.46. The maximum absolute atomic E-state index is 4.40. The molecule has 2 aromatic rings. The standard InChI is InChI=1S/C16H18N2/c1-13(15-9-5-3-6-10-15)17-18-14(2)16-11-7-4-8-12-16/h3-14H,1-2H3/i1+1,2+1. The van der Waals surface area contributed by atoms with E-state index in [0.29, 0.717) is 0 Å². The Hall–Kier alpha value is -1.96. The van der Waals surface area contributed by atoms with Gasteiger partial charge in [-0.05, 0) is 25.0 Å². The fraction of sp³-hybridized carbons (Fsp3) is 0.250. The van der Waals surface area contributed by atoms with E-state index in [4.69, 9.17) is 0 Å². The highest BCUT2D eigenvalue weighted by Gasteiger charge is 2.05. The van der Waals surface area contributed by atoms with E-state index in [0.717, 1.165) is 0 Å². The summed E-state index contributed by atoms with van der Waals surface area (Å²) in [6.45, 7) is 4.13.